The van der Waals surface area contributed by atoms with Gasteiger partial charge in [-0.1, -0.05) is 6.07 Å². The number of rotatable bonds is 5. The van der Waals surface area contributed by atoms with E-state index in [1.54, 1.807) is 20.8 Å². The minimum atomic E-state index is -4.20. The van der Waals surface area contributed by atoms with Gasteiger partial charge in [0, 0.05) is 6.20 Å². The van der Waals surface area contributed by atoms with Crippen LogP contribution in [0.2, 0.25) is 0 Å². The first kappa shape index (κ1) is 19.7. The minimum Gasteiger partial charge on any atom is -0.459 e. The van der Waals surface area contributed by atoms with Crippen molar-refractivity contribution in [3.63, 3.8) is 0 Å². The van der Waals surface area contributed by atoms with E-state index in [2.05, 4.69) is 10.2 Å². The summed E-state index contributed by atoms with van der Waals surface area (Å²) in [5.41, 5.74) is -0.325. The summed E-state index contributed by atoms with van der Waals surface area (Å²) in [7, 11) is -4.20. The van der Waals surface area contributed by atoms with E-state index < -0.39 is 34.0 Å². The van der Waals surface area contributed by atoms with Crippen LogP contribution in [-0.4, -0.2) is 41.1 Å². The number of sulfonamides is 1. The molecule has 0 N–H and O–H groups in total. The molecular weight excluding hydrogens is 387 g/mol. The zero-order chi connectivity index (χ0) is 20.5. The van der Waals surface area contributed by atoms with Crippen LogP contribution in [0.1, 0.15) is 20.8 Å². The van der Waals surface area contributed by atoms with E-state index in [1.807, 2.05) is 0 Å². The number of carbonyl (C=O) groups is 1. The molecular formula is C18H19FN4O4S. The number of nitrogens with zero attached hydrogens (tertiary/aromatic N) is 4. The topological polar surface area (TPSA) is 93.9 Å². The van der Waals surface area contributed by atoms with Crippen molar-refractivity contribution in [1.82, 2.24) is 14.6 Å². The zero-order valence-electron chi connectivity index (χ0n) is 15.5. The number of fused-ring (bicyclic) bond motifs is 1. The highest BCUT2D eigenvalue weighted by Gasteiger charge is 2.30. The van der Waals surface area contributed by atoms with Crippen molar-refractivity contribution in [2.24, 2.45) is 0 Å². The minimum absolute atomic E-state index is 0.00899. The average Bonchev–Trinajstić information content (AvgIpc) is 3.05. The summed E-state index contributed by atoms with van der Waals surface area (Å²) in [4.78, 5) is 12.2. The van der Waals surface area contributed by atoms with Crippen LogP contribution >= 0.6 is 0 Å². The van der Waals surface area contributed by atoms with Gasteiger partial charge in [-0.25, -0.2) is 12.8 Å². The molecule has 148 valence electrons. The summed E-state index contributed by atoms with van der Waals surface area (Å²) in [6.07, 6.45) is 2.68. The first-order valence-electron chi connectivity index (χ1n) is 8.36. The van der Waals surface area contributed by atoms with Gasteiger partial charge in [-0.05, 0) is 51.1 Å². The molecule has 28 heavy (non-hydrogen) atoms. The van der Waals surface area contributed by atoms with E-state index in [9.17, 15) is 17.6 Å². The SMILES string of the molecule is CC(C)(C)OC(=O)CN(c1cccc(F)c1)S(=O)(=O)c1ccc2nncn2c1. The third-order valence-electron chi connectivity index (χ3n) is 3.64. The molecule has 0 aliphatic rings. The highest BCUT2D eigenvalue weighted by molar-refractivity contribution is 7.92. The third kappa shape index (κ3) is 4.28. The first-order chi connectivity index (χ1) is 13.1. The molecule has 0 saturated heterocycles. The highest BCUT2D eigenvalue weighted by atomic mass is 32.2. The van der Waals surface area contributed by atoms with Crippen molar-refractivity contribution < 1.29 is 22.3 Å². The Kier molecular flexibility index (Phi) is 5.07. The molecule has 0 aliphatic heterocycles. The number of hydrogen-bond acceptors (Lipinski definition) is 6. The molecule has 1 aromatic carbocycles. The number of ether oxygens (including phenoxy) is 1. The number of esters is 1. The Hall–Kier alpha value is -3.01. The van der Waals surface area contributed by atoms with Crippen LogP contribution in [0, 0.1) is 5.82 Å². The predicted molar refractivity (Wildman–Crippen MR) is 99.8 cm³/mol. The van der Waals surface area contributed by atoms with Gasteiger partial charge in [-0.15, -0.1) is 10.2 Å². The number of halogens is 1. The second-order valence-electron chi connectivity index (χ2n) is 7.04. The van der Waals surface area contributed by atoms with Gasteiger partial charge in [-0.3, -0.25) is 13.5 Å². The van der Waals surface area contributed by atoms with Crippen LogP contribution in [-0.2, 0) is 19.6 Å². The van der Waals surface area contributed by atoms with Crippen molar-refractivity contribution in [1.29, 1.82) is 0 Å². The van der Waals surface area contributed by atoms with Crippen molar-refractivity contribution in [3.8, 4) is 0 Å². The van der Waals surface area contributed by atoms with Gasteiger partial charge in [0.1, 0.15) is 29.2 Å². The van der Waals surface area contributed by atoms with Gasteiger partial charge >= 0.3 is 5.97 Å². The molecule has 2 heterocycles. The number of anilines is 1. The second kappa shape index (κ2) is 7.19. The Labute approximate surface area is 161 Å². The largest absolute Gasteiger partial charge is 0.459 e. The molecule has 10 heteroatoms. The lowest BCUT2D eigenvalue weighted by atomic mass is 10.2. The molecule has 0 atom stereocenters. The van der Waals surface area contributed by atoms with Crippen LogP contribution < -0.4 is 4.31 Å². The van der Waals surface area contributed by atoms with Crippen molar-refractivity contribution in [2.45, 2.75) is 31.3 Å². The maximum Gasteiger partial charge on any atom is 0.327 e. The van der Waals surface area contributed by atoms with Gasteiger partial charge in [0.15, 0.2) is 5.65 Å². The molecule has 8 nitrogen and oxygen atoms in total. The fourth-order valence-corrected chi connectivity index (χ4v) is 3.93. The summed E-state index contributed by atoms with van der Waals surface area (Å²) in [6, 6.07) is 7.83. The van der Waals surface area contributed by atoms with E-state index in [4.69, 9.17) is 4.74 Å². The molecule has 0 amide bonds. The summed E-state index contributed by atoms with van der Waals surface area (Å²) < 4.78 is 47.7. The van der Waals surface area contributed by atoms with Gasteiger partial charge in [-0.2, -0.15) is 0 Å². The Balaban J connectivity index is 2.04. The van der Waals surface area contributed by atoms with Crippen LogP contribution in [0.25, 0.3) is 5.65 Å². The van der Waals surface area contributed by atoms with Gasteiger partial charge < -0.3 is 4.74 Å². The quantitative estimate of drug-likeness (QED) is 0.604. The van der Waals surface area contributed by atoms with Gasteiger partial charge in [0.25, 0.3) is 10.0 Å². The highest BCUT2D eigenvalue weighted by Crippen LogP contribution is 2.25. The normalized spacial score (nSPS) is 12.1. The molecule has 0 unspecified atom stereocenters. The summed E-state index contributed by atoms with van der Waals surface area (Å²) in [5.74, 6) is -1.39. The molecule has 0 fully saturated rings. The molecule has 0 bridgehead atoms. The number of hydrogen-bond donors (Lipinski definition) is 0. The van der Waals surface area contributed by atoms with Gasteiger partial charge in [0.05, 0.1) is 5.69 Å². The maximum absolute atomic E-state index is 13.7. The van der Waals surface area contributed by atoms with Crippen LogP contribution in [0.5, 0.6) is 0 Å². The Morgan fingerprint density at radius 3 is 2.68 bits per heavy atom. The van der Waals surface area contributed by atoms with Gasteiger partial charge in [0.2, 0.25) is 0 Å². The number of aromatic nitrogens is 3. The molecule has 3 aromatic rings. The Morgan fingerprint density at radius 2 is 2.00 bits per heavy atom. The smallest absolute Gasteiger partial charge is 0.327 e. The fourth-order valence-electron chi connectivity index (χ4n) is 2.52. The first-order valence-corrected chi connectivity index (χ1v) is 9.80. The summed E-state index contributed by atoms with van der Waals surface area (Å²) in [6.45, 7) is 4.41. The zero-order valence-corrected chi connectivity index (χ0v) is 16.4. The molecule has 0 radical (unpaired) electrons. The lowest BCUT2D eigenvalue weighted by molar-refractivity contribution is -0.152. The van der Waals surface area contributed by atoms with E-state index >= 15 is 0 Å². The number of carbonyl (C=O) groups excluding carboxylic acids is 1. The van der Waals surface area contributed by atoms with E-state index in [0.717, 1.165) is 10.4 Å². The van der Waals surface area contributed by atoms with Crippen molar-refractivity contribution in [3.05, 3.63) is 54.7 Å². The lowest BCUT2D eigenvalue weighted by Crippen LogP contribution is -2.39. The van der Waals surface area contributed by atoms with E-state index in [-0.39, 0.29) is 10.6 Å². The monoisotopic (exact) mass is 406 g/mol. The predicted octanol–water partition coefficient (Wildman–Crippen LogP) is 2.41. The van der Waals surface area contributed by atoms with Crippen LogP contribution in [0.4, 0.5) is 10.1 Å². The van der Waals surface area contributed by atoms with Crippen molar-refractivity contribution in [2.75, 3.05) is 10.8 Å². The average molecular weight is 406 g/mol. The fraction of sp³-hybridized carbons (Fsp3) is 0.278. The second-order valence-corrected chi connectivity index (χ2v) is 8.90. The molecule has 3 rings (SSSR count). The molecule has 2 aromatic heterocycles. The van der Waals surface area contributed by atoms with Crippen molar-refractivity contribution >= 4 is 27.3 Å². The van der Waals surface area contributed by atoms with Crippen LogP contribution in [0.3, 0.4) is 0 Å². The van der Waals surface area contributed by atoms with Crippen LogP contribution in [0.15, 0.2) is 53.8 Å². The number of pyridine rings is 1. The third-order valence-corrected chi connectivity index (χ3v) is 5.40. The van der Waals surface area contributed by atoms with E-state index in [1.165, 1.54) is 47.3 Å². The maximum atomic E-state index is 13.7. The summed E-state index contributed by atoms with van der Waals surface area (Å²) in [5, 5.41) is 7.53. The molecule has 0 aliphatic carbocycles. The van der Waals surface area contributed by atoms with E-state index in [0.29, 0.717) is 5.65 Å². The summed E-state index contributed by atoms with van der Waals surface area (Å²) >= 11 is 0. The molecule has 0 saturated carbocycles. The Bertz CT molecular complexity index is 1120. The molecule has 0 spiro atoms. The lowest BCUT2D eigenvalue weighted by Gasteiger charge is -2.26. The standard InChI is InChI=1S/C18H19FN4O4S/c1-18(2,3)27-17(24)11-23(14-6-4-5-13(19)9-14)28(25,26)15-7-8-16-21-20-12-22(16)10-15/h4-10,12H,11H2,1-3H3. The number of benzene rings is 1. The Morgan fingerprint density at radius 1 is 1.25 bits per heavy atom.